The SMILES string of the molecule is Nc1ncnc2c1ncn2[C@@H]1O[C@@H]2COP(O)(=S)O[C@H]3C[C@H](n4cnc5c(N)ncnc54)O[C@@H]3CO[P+](=O)O[C@@H]1[C@@H]2O. The number of hydrogen-bond acceptors (Lipinski definition) is 17. The Labute approximate surface area is 241 Å². The highest BCUT2D eigenvalue weighted by Crippen LogP contribution is 2.51. The maximum absolute atomic E-state index is 13.0. The first kappa shape index (κ1) is 27.9. The van der Waals surface area contributed by atoms with Gasteiger partial charge in [0.25, 0.3) is 0 Å². The predicted molar refractivity (Wildman–Crippen MR) is 144 cm³/mol. The van der Waals surface area contributed by atoms with Crippen LogP contribution in [0.3, 0.4) is 0 Å². The Morgan fingerprint density at radius 1 is 0.929 bits per heavy atom. The molecule has 7 heterocycles. The van der Waals surface area contributed by atoms with Crippen LogP contribution in [0.2, 0.25) is 0 Å². The minimum absolute atomic E-state index is 0.133. The molecule has 4 aromatic rings. The summed E-state index contributed by atoms with van der Waals surface area (Å²) >= 11 is 5.28. The van der Waals surface area contributed by atoms with E-state index < -0.39 is 57.9 Å². The van der Waals surface area contributed by atoms with Crippen molar-refractivity contribution >= 4 is 60.7 Å². The molecule has 9 atom stereocenters. The zero-order chi connectivity index (χ0) is 29.2. The molecule has 2 bridgehead atoms. The molecule has 3 fully saturated rings. The Morgan fingerprint density at radius 3 is 2.31 bits per heavy atom. The van der Waals surface area contributed by atoms with Crippen LogP contribution in [0.25, 0.3) is 22.3 Å². The summed E-state index contributed by atoms with van der Waals surface area (Å²) in [6, 6.07) is 0. The highest BCUT2D eigenvalue weighted by molar-refractivity contribution is 8.07. The Bertz CT molecular complexity index is 1730. The lowest BCUT2D eigenvalue weighted by atomic mass is 10.1. The van der Waals surface area contributed by atoms with Gasteiger partial charge in [-0.15, -0.1) is 9.05 Å². The number of imidazole rings is 2. The number of anilines is 2. The van der Waals surface area contributed by atoms with Crippen LogP contribution >= 0.6 is 15.0 Å². The van der Waals surface area contributed by atoms with Gasteiger partial charge >= 0.3 is 15.0 Å². The third-order valence-electron chi connectivity index (χ3n) is 7.07. The molecule has 0 saturated carbocycles. The lowest BCUT2D eigenvalue weighted by molar-refractivity contribution is -0.0578. The number of nitrogen functional groups attached to an aromatic ring is 2. The molecular weight excluding hydrogens is 618 g/mol. The summed E-state index contributed by atoms with van der Waals surface area (Å²) in [6.45, 7) is -4.58. The number of nitrogens with zero attached hydrogens (tertiary/aromatic N) is 8. The molecule has 3 saturated heterocycles. The van der Waals surface area contributed by atoms with Crippen molar-refractivity contribution in [3.8, 4) is 0 Å². The molecule has 0 radical (unpaired) electrons. The standard InChI is InChI=1S/C20H22N10O9P2S/c21-16-12-18(25-4-23-16)29(6-27-12)11-1-8-9(36-11)2-34-40(32)38-15-14(31)10(3-35-41(33,42)39-8)37-20(15)30-7-28-13-17(22)24-5-26-19(13)30/h4-11,14-15,20,31H,1-3H2,(H4-,21,22,23,24,25,26,33,42)/p+1/t8-,9+,10+,11+,14+,15+,20+,41?/m0/s1. The summed E-state index contributed by atoms with van der Waals surface area (Å²) in [4.78, 5) is 35.7. The second-order valence-corrected chi connectivity index (χ2v) is 13.3. The van der Waals surface area contributed by atoms with Crippen molar-refractivity contribution in [2.75, 3.05) is 24.7 Å². The first-order chi connectivity index (χ1) is 20.2. The molecular formula is C20H23N10O9P2S+. The summed E-state index contributed by atoms with van der Waals surface area (Å²) in [6.07, 6.45) is -1.58. The molecule has 42 heavy (non-hydrogen) atoms. The monoisotopic (exact) mass is 641 g/mol. The van der Waals surface area contributed by atoms with Gasteiger partial charge in [-0.25, -0.2) is 29.9 Å². The van der Waals surface area contributed by atoms with Crippen LogP contribution < -0.4 is 11.5 Å². The van der Waals surface area contributed by atoms with Crippen molar-refractivity contribution in [1.82, 2.24) is 39.0 Å². The predicted octanol–water partition coefficient (Wildman–Crippen LogP) is 0.0678. The van der Waals surface area contributed by atoms with Gasteiger partial charge in [0.05, 0.1) is 19.3 Å². The van der Waals surface area contributed by atoms with E-state index in [1.807, 2.05) is 0 Å². The van der Waals surface area contributed by atoms with E-state index in [0.29, 0.717) is 16.7 Å². The summed E-state index contributed by atoms with van der Waals surface area (Å²) in [5.41, 5.74) is 13.2. The number of rotatable bonds is 2. The molecule has 3 aliphatic heterocycles. The fourth-order valence-corrected chi connectivity index (χ4v) is 7.33. The quantitative estimate of drug-likeness (QED) is 0.211. The Morgan fingerprint density at radius 2 is 1.60 bits per heavy atom. The van der Waals surface area contributed by atoms with Crippen LogP contribution in [0.5, 0.6) is 0 Å². The molecule has 19 nitrogen and oxygen atoms in total. The molecule has 0 aromatic carbocycles. The van der Waals surface area contributed by atoms with Crippen LogP contribution in [0.4, 0.5) is 11.6 Å². The van der Waals surface area contributed by atoms with Crippen LogP contribution in [0.15, 0.2) is 25.3 Å². The Kier molecular flexibility index (Phi) is 7.11. The topological polar surface area (TPSA) is 252 Å². The number of hydrogen-bond donors (Lipinski definition) is 4. The lowest BCUT2D eigenvalue weighted by Crippen LogP contribution is -2.34. The number of fused-ring (bicyclic) bond motifs is 5. The van der Waals surface area contributed by atoms with E-state index in [9.17, 15) is 14.6 Å². The molecule has 4 aromatic heterocycles. The summed E-state index contributed by atoms with van der Waals surface area (Å²) < 4.78 is 50.8. The maximum Gasteiger partial charge on any atom is 0.698 e. The fraction of sp³-hybridized carbons (Fsp3) is 0.500. The van der Waals surface area contributed by atoms with Gasteiger partial charge in [-0.2, -0.15) is 0 Å². The van der Waals surface area contributed by atoms with Crippen molar-refractivity contribution in [3.63, 3.8) is 0 Å². The number of aliphatic hydroxyl groups is 1. The second-order valence-electron chi connectivity index (χ2n) is 9.58. The largest absolute Gasteiger partial charge is 0.698 e. The van der Waals surface area contributed by atoms with Gasteiger partial charge in [0.1, 0.15) is 60.9 Å². The average Bonchev–Trinajstić information content (AvgIpc) is 3.72. The third kappa shape index (κ3) is 4.93. The number of ether oxygens (including phenoxy) is 2. The van der Waals surface area contributed by atoms with E-state index in [-0.39, 0.29) is 36.9 Å². The highest BCUT2D eigenvalue weighted by Gasteiger charge is 2.53. The Balaban J connectivity index is 1.16. The van der Waals surface area contributed by atoms with Crippen LogP contribution in [0.1, 0.15) is 18.9 Å². The van der Waals surface area contributed by atoms with Gasteiger partial charge in [-0.1, -0.05) is 0 Å². The van der Waals surface area contributed by atoms with E-state index in [4.69, 9.17) is 50.8 Å². The minimum atomic E-state index is -3.91. The molecule has 2 unspecified atom stereocenters. The number of nitrogens with two attached hydrogens (primary N) is 2. The highest BCUT2D eigenvalue weighted by atomic mass is 32.5. The zero-order valence-corrected chi connectivity index (χ0v) is 23.9. The van der Waals surface area contributed by atoms with E-state index in [2.05, 4.69) is 29.9 Å². The molecule has 0 amide bonds. The Hall–Kier alpha value is -2.87. The average molecular weight is 641 g/mol. The van der Waals surface area contributed by atoms with E-state index in [1.54, 1.807) is 4.57 Å². The van der Waals surface area contributed by atoms with Crippen molar-refractivity contribution in [1.29, 1.82) is 0 Å². The van der Waals surface area contributed by atoms with E-state index in [0.717, 1.165) is 0 Å². The minimum Gasteiger partial charge on any atom is -0.387 e. The number of aromatic nitrogens is 8. The van der Waals surface area contributed by atoms with Gasteiger partial charge in [-0.05, 0) is 11.8 Å². The van der Waals surface area contributed by atoms with Gasteiger partial charge in [0.15, 0.2) is 35.3 Å². The van der Waals surface area contributed by atoms with Gasteiger partial charge in [0, 0.05) is 11.0 Å². The molecule has 22 heteroatoms. The molecule has 0 spiro atoms. The van der Waals surface area contributed by atoms with Gasteiger partial charge < -0.3 is 40.0 Å². The van der Waals surface area contributed by atoms with Crippen molar-refractivity contribution in [2.24, 2.45) is 0 Å². The van der Waals surface area contributed by atoms with E-state index in [1.165, 1.54) is 29.9 Å². The summed E-state index contributed by atoms with van der Waals surface area (Å²) in [7, 11) is -2.82. The van der Waals surface area contributed by atoms with E-state index >= 15 is 0 Å². The summed E-state index contributed by atoms with van der Waals surface area (Å²) in [5.74, 6) is 0.331. The third-order valence-corrected chi connectivity index (χ3v) is 9.44. The first-order valence-corrected chi connectivity index (χ1v) is 16.1. The summed E-state index contributed by atoms with van der Waals surface area (Å²) in [5, 5.41) is 11.1. The second kappa shape index (κ2) is 10.7. The molecule has 6 N–H and O–H groups in total. The number of aliphatic hydroxyl groups excluding tert-OH is 1. The van der Waals surface area contributed by atoms with Crippen molar-refractivity contribution < 1.29 is 42.1 Å². The van der Waals surface area contributed by atoms with Gasteiger partial charge in [-0.3, -0.25) is 9.13 Å². The van der Waals surface area contributed by atoms with Crippen molar-refractivity contribution in [2.45, 2.75) is 49.4 Å². The van der Waals surface area contributed by atoms with Crippen LogP contribution in [-0.2, 0) is 43.9 Å². The molecule has 0 aliphatic carbocycles. The maximum atomic E-state index is 13.0. The molecule has 222 valence electrons. The molecule has 3 aliphatic rings. The lowest BCUT2D eigenvalue weighted by Gasteiger charge is -2.24. The van der Waals surface area contributed by atoms with Crippen molar-refractivity contribution in [3.05, 3.63) is 25.3 Å². The van der Waals surface area contributed by atoms with Gasteiger partial charge in [0.2, 0.25) is 0 Å². The smallest absolute Gasteiger partial charge is 0.387 e. The first-order valence-electron chi connectivity index (χ1n) is 12.5. The van der Waals surface area contributed by atoms with Crippen LogP contribution in [-0.4, -0.2) is 92.8 Å². The normalized spacial score (nSPS) is 35.1. The zero-order valence-electron chi connectivity index (χ0n) is 21.3. The fourth-order valence-electron chi connectivity index (χ4n) is 5.10. The van der Waals surface area contributed by atoms with Crippen LogP contribution in [0, 0.1) is 0 Å². The molecule has 7 rings (SSSR count).